The first-order chi connectivity index (χ1) is 3.43. The predicted molar refractivity (Wildman–Crippen MR) is 51.4 cm³/mol. The first-order valence-corrected chi connectivity index (χ1v) is 2.69. The van der Waals surface area contributed by atoms with Crippen LogP contribution in [0.4, 0.5) is 0 Å². The largest absolute Gasteiger partial charge is 0.270 e. The van der Waals surface area contributed by atoms with Gasteiger partial charge in [-0.1, -0.05) is 13.3 Å². The Bertz CT molecular complexity index is 119. The van der Waals surface area contributed by atoms with Crippen molar-refractivity contribution in [3.8, 4) is 0 Å². The Morgan fingerprint density at radius 3 is 2.30 bits per heavy atom. The molecule has 0 spiro atoms. The predicted octanol–water partition coefficient (Wildman–Crippen LogP) is 3.24. The first kappa shape index (κ1) is 17.4. The van der Waals surface area contributed by atoms with E-state index in [0.717, 1.165) is 12.8 Å². The van der Waals surface area contributed by atoms with Gasteiger partial charge in [0.25, 0.3) is 0 Å². The molecule has 0 aromatic carbocycles. The van der Waals surface area contributed by atoms with Crippen LogP contribution in [0.3, 0.4) is 0 Å². The van der Waals surface area contributed by atoms with Crippen molar-refractivity contribution >= 4 is 34.0 Å². The first-order valence-electron chi connectivity index (χ1n) is 2.69. The van der Waals surface area contributed by atoms with Crippen LogP contribution in [0.5, 0.6) is 0 Å². The summed E-state index contributed by atoms with van der Waals surface area (Å²) in [5.41, 5.74) is 1.36. The molecule has 0 fully saturated rings. The topological polar surface area (TPSA) is 0 Å². The Labute approximate surface area is 102 Å². The van der Waals surface area contributed by atoms with Gasteiger partial charge in [-0.15, -0.1) is 40.4 Å². The molecule has 0 saturated heterocycles. The van der Waals surface area contributed by atoms with Crippen LogP contribution in [0.1, 0.15) is 19.8 Å². The van der Waals surface area contributed by atoms with Crippen LogP contribution >= 0.6 is 34.0 Å². The maximum atomic E-state index is 3.21. The summed E-state index contributed by atoms with van der Waals surface area (Å²) in [6.07, 6.45) is 9.65. The van der Waals surface area contributed by atoms with Gasteiger partial charge in [0.15, 0.2) is 0 Å². The van der Waals surface area contributed by atoms with Crippen molar-refractivity contribution in [2.75, 3.05) is 0 Å². The van der Waals surface area contributed by atoms with Crippen molar-refractivity contribution in [2.45, 2.75) is 19.8 Å². The molecule has 3 heteroatoms. The van der Waals surface area contributed by atoms with Crippen LogP contribution in [0.15, 0.2) is 17.7 Å². The van der Waals surface area contributed by atoms with Crippen LogP contribution in [-0.4, -0.2) is 0 Å². The van der Waals surface area contributed by atoms with Gasteiger partial charge in [0.2, 0.25) is 0 Å². The van der Waals surface area contributed by atoms with E-state index in [4.69, 9.17) is 0 Å². The van der Waals surface area contributed by atoms with E-state index in [2.05, 4.69) is 25.2 Å². The average molecular weight is 433 g/mol. The van der Waals surface area contributed by atoms with Gasteiger partial charge in [0.1, 0.15) is 0 Å². The number of allylic oxidation sites excluding steroid dienone is 4. The van der Waals surface area contributed by atoms with E-state index in [9.17, 15) is 0 Å². The van der Waals surface area contributed by atoms with E-state index in [1.165, 1.54) is 5.57 Å². The molecule has 0 aromatic rings. The Balaban J connectivity index is -0.000000163. The third kappa shape index (κ3) is 6.05. The van der Waals surface area contributed by atoms with Crippen molar-refractivity contribution in [2.24, 2.45) is 0 Å². The smallest absolute Gasteiger partial charge is 0 e. The molecule has 58 valence electrons. The fourth-order valence-corrected chi connectivity index (χ4v) is 0.693. The molecule has 0 radical (unpaired) electrons. The maximum absolute atomic E-state index is 3.21. The number of halogens is 2. The van der Waals surface area contributed by atoms with Crippen LogP contribution in [0, 0.1) is 6.08 Å². The van der Waals surface area contributed by atoms with Crippen molar-refractivity contribution in [1.29, 1.82) is 0 Å². The molecule has 1 aliphatic carbocycles. The molecule has 1 rings (SSSR count). The molecule has 0 bridgehead atoms. The zero-order valence-corrected chi connectivity index (χ0v) is 12.9. The normalized spacial score (nSPS) is 12.3. The van der Waals surface area contributed by atoms with Gasteiger partial charge in [-0.3, -0.25) is 6.08 Å². The van der Waals surface area contributed by atoms with Gasteiger partial charge in [0, 0.05) is 25.8 Å². The Morgan fingerprint density at radius 1 is 1.50 bits per heavy atom. The van der Waals surface area contributed by atoms with Crippen LogP contribution in [0.25, 0.3) is 0 Å². The van der Waals surface area contributed by atoms with E-state index in [1.807, 2.05) is 0 Å². The standard InChI is InChI=1S/C7H9.2BrH.Hf/c1-2-7-5-3-4-6-7;;;/h3,5H,2,4H2,1H3;2*1H;/q-1;;;. The maximum Gasteiger partial charge on any atom is 0 e. The molecule has 1 aliphatic rings. The van der Waals surface area contributed by atoms with Crippen LogP contribution < -0.4 is 0 Å². The van der Waals surface area contributed by atoms with Crippen molar-refractivity contribution in [3.63, 3.8) is 0 Å². The summed E-state index contributed by atoms with van der Waals surface area (Å²) in [5, 5.41) is 0. The van der Waals surface area contributed by atoms with E-state index >= 15 is 0 Å². The third-order valence-corrected chi connectivity index (χ3v) is 1.15. The van der Waals surface area contributed by atoms with Gasteiger partial charge >= 0.3 is 0 Å². The number of hydrogen-bond donors (Lipinski definition) is 0. The summed E-state index contributed by atoms with van der Waals surface area (Å²) in [6, 6.07) is 0. The van der Waals surface area contributed by atoms with Gasteiger partial charge in [-0.05, 0) is 0 Å². The van der Waals surface area contributed by atoms with Gasteiger partial charge < -0.3 is 0 Å². The summed E-state index contributed by atoms with van der Waals surface area (Å²) in [6.45, 7) is 2.15. The molecule has 0 aromatic heterocycles. The molecule has 0 amide bonds. The molecule has 0 saturated carbocycles. The average Bonchev–Trinajstić information content (AvgIpc) is 2.14. The van der Waals surface area contributed by atoms with E-state index in [-0.39, 0.29) is 59.8 Å². The number of rotatable bonds is 1. The van der Waals surface area contributed by atoms with E-state index in [1.54, 1.807) is 0 Å². The molecular weight excluding hydrogens is 422 g/mol. The quantitative estimate of drug-likeness (QED) is 0.440. The van der Waals surface area contributed by atoms with Crippen molar-refractivity contribution in [3.05, 3.63) is 23.8 Å². The second-order valence-corrected chi connectivity index (χ2v) is 1.66. The molecule has 0 atom stereocenters. The zero-order chi connectivity index (χ0) is 5.11. The molecule has 0 nitrogen and oxygen atoms in total. The van der Waals surface area contributed by atoms with Crippen LogP contribution in [0.2, 0.25) is 0 Å². The van der Waals surface area contributed by atoms with Gasteiger partial charge in [0.05, 0.1) is 0 Å². The second-order valence-electron chi connectivity index (χ2n) is 1.66. The van der Waals surface area contributed by atoms with E-state index < -0.39 is 0 Å². The SMILES string of the molecule is Br.Br.CCC1=[C-]CC=C1.[Hf]. The summed E-state index contributed by atoms with van der Waals surface area (Å²) >= 11 is 0. The van der Waals surface area contributed by atoms with Crippen molar-refractivity contribution in [1.82, 2.24) is 0 Å². The monoisotopic (exact) mass is 433 g/mol. The Hall–Kier alpha value is 1.31. The van der Waals surface area contributed by atoms with Crippen molar-refractivity contribution < 1.29 is 25.8 Å². The van der Waals surface area contributed by atoms with Gasteiger partial charge in [-0.25, -0.2) is 11.6 Å². The summed E-state index contributed by atoms with van der Waals surface area (Å²) < 4.78 is 0. The zero-order valence-electron chi connectivity index (χ0n) is 5.89. The molecule has 0 N–H and O–H groups in total. The minimum absolute atomic E-state index is 0. The molecule has 0 aliphatic heterocycles. The van der Waals surface area contributed by atoms with E-state index in [0.29, 0.717) is 0 Å². The minimum atomic E-state index is 0. The summed E-state index contributed by atoms with van der Waals surface area (Å²) in [4.78, 5) is 0. The molecular formula is C7H11Br2Hf-. The van der Waals surface area contributed by atoms with Gasteiger partial charge in [-0.2, -0.15) is 6.08 Å². The molecule has 10 heavy (non-hydrogen) atoms. The Kier molecular flexibility index (Phi) is 17.9. The second kappa shape index (κ2) is 10.3. The summed E-state index contributed by atoms with van der Waals surface area (Å²) in [7, 11) is 0. The molecule has 0 unspecified atom stereocenters. The fourth-order valence-electron chi connectivity index (χ4n) is 0.693. The fraction of sp³-hybridized carbons (Fsp3) is 0.429. The summed E-state index contributed by atoms with van der Waals surface area (Å²) in [5.74, 6) is 0. The minimum Gasteiger partial charge on any atom is -0.270 e. The number of hydrogen-bond acceptors (Lipinski definition) is 0. The Morgan fingerprint density at radius 2 is 2.10 bits per heavy atom. The molecule has 0 heterocycles. The van der Waals surface area contributed by atoms with Crippen LogP contribution in [-0.2, 0) is 25.8 Å². The third-order valence-electron chi connectivity index (χ3n) is 1.15.